The molecular weight excluding hydrogens is 176 g/mol. The Kier molecular flexibility index (Phi) is 3.20. The van der Waals surface area contributed by atoms with Crippen LogP contribution < -0.4 is 5.32 Å². The van der Waals surface area contributed by atoms with Crippen LogP contribution in [0.2, 0.25) is 0 Å². The highest BCUT2D eigenvalue weighted by molar-refractivity contribution is 5.80. The number of hydrogen-bond donors (Lipinski definition) is 1. The van der Waals surface area contributed by atoms with Gasteiger partial charge in [0.05, 0.1) is 5.92 Å². The van der Waals surface area contributed by atoms with Gasteiger partial charge in [0, 0.05) is 18.6 Å². The Morgan fingerprint density at radius 3 is 2.29 bits per heavy atom. The van der Waals surface area contributed by atoms with Gasteiger partial charge < -0.3 is 10.2 Å². The third-order valence-corrected chi connectivity index (χ3v) is 2.63. The standard InChI is InChI=1S/C11H22N2O/c1-8-6-13(5)7-9(8)10(14)12-11(2,3)4/h8-9H,6-7H2,1-5H3,(H,12,14). The Bertz CT molecular complexity index is 220. The molecule has 1 heterocycles. The molecule has 82 valence electrons. The number of carbonyl (C=O) groups is 1. The lowest BCUT2D eigenvalue weighted by molar-refractivity contribution is -0.127. The van der Waals surface area contributed by atoms with Crippen LogP contribution in [0.5, 0.6) is 0 Å². The molecule has 1 rings (SSSR count). The fourth-order valence-corrected chi connectivity index (χ4v) is 2.01. The molecule has 3 nitrogen and oxygen atoms in total. The maximum atomic E-state index is 11.9. The van der Waals surface area contributed by atoms with E-state index in [2.05, 4.69) is 24.2 Å². The van der Waals surface area contributed by atoms with Crippen LogP contribution in [-0.2, 0) is 4.79 Å². The molecule has 1 fully saturated rings. The molecular formula is C11H22N2O. The van der Waals surface area contributed by atoms with Crippen molar-refractivity contribution in [2.45, 2.75) is 33.2 Å². The van der Waals surface area contributed by atoms with E-state index in [0.717, 1.165) is 13.1 Å². The van der Waals surface area contributed by atoms with Gasteiger partial charge >= 0.3 is 0 Å². The fourth-order valence-electron chi connectivity index (χ4n) is 2.01. The summed E-state index contributed by atoms with van der Waals surface area (Å²) in [6.07, 6.45) is 0. The normalized spacial score (nSPS) is 29.2. The molecule has 1 amide bonds. The van der Waals surface area contributed by atoms with Gasteiger partial charge in [-0.3, -0.25) is 4.79 Å². The Morgan fingerprint density at radius 2 is 1.93 bits per heavy atom. The van der Waals surface area contributed by atoms with Gasteiger partial charge in [-0.05, 0) is 33.7 Å². The van der Waals surface area contributed by atoms with Gasteiger partial charge in [0.25, 0.3) is 0 Å². The molecule has 0 aromatic rings. The van der Waals surface area contributed by atoms with Gasteiger partial charge in [0.2, 0.25) is 5.91 Å². The summed E-state index contributed by atoms with van der Waals surface area (Å²) < 4.78 is 0. The van der Waals surface area contributed by atoms with Crippen molar-refractivity contribution in [2.24, 2.45) is 11.8 Å². The van der Waals surface area contributed by atoms with Gasteiger partial charge in [-0.1, -0.05) is 6.92 Å². The monoisotopic (exact) mass is 198 g/mol. The van der Waals surface area contributed by atoms with E-state index >= 15 is 0 Å². The molecule has 1 saturated heterocycles. The van der Waals surface area contributed by atoms with E-state index < -0.39 is 0 Å². The van der Waals surface area contributed by atoms with Gasteiger partial charge in [-0.25, -0.2) is 0 Å². The molecule has 0 aliphatic carbocycles. The lowest BCUT2D eigenvalue weighted by atomic mass is 9.96. The lowest BCUT2D eigenvalue weighted by Gasteiger charge is -2.24. The van der Waals surface area contributed by atoms with Crippen LogP contribution in [0.15, 0.2) is 0 Å². The summed E-state index contributed by atoms with van der Waals surface area (Å²) >= 11 is 0. The summed E-state index contributed by atoms with van der Waals surface area (Å²) in [5, 5.41) is 3.05. The van der Waals surface area contributed by atoms with Crippen LogP contribution in [0, 0.1) is 11.8 Å². The van der Waals surface area contributed by atoms with E-state index in [0.29, 0.717) is 5.92 Å². The Balaban J connectivity index is 2.53. The number of carbonyl (C=O) groups excluding carboxylic acids is 1. The average molecular weight is 198 g/mol. The molecule has 0 saturated carbocycles. The second kappa shape index (κ2) is 3.89. The number of likely N-dealkylation sites (tertiary alicyclic amines) is 1. The second-order valence-electron chi connectivity index (χ2n) is 5.54. The van der Waals surface area contributed by atoms with Gasteiger partial charge in [-0.2, -0.15) is 0 Å². The maximum Gasteiger partial charge on any atom is 0.225 e. The smallest absolute Gasteiger partial charge is 0.225 e. The highest BCUT2D eigenvalue weighted by Gasteiger charge is 2.34. The molecule has 0 aromatic heterocycles. The highest BCUT2D eigenvalue weighted by Crippen LogP contribution is 2.22. The molecule has 0 spiro atoms. The zero-order chi connectivity index (χ0) is 10.9. The van der Waals surface area contributed by atoms with E-state index in [1.54, 1.807) is 0 Å². The largest absolute Gasteiger partial charge is 0.351 e. The zero-order valence-corrected chi connectivity index (χ0v) is 9.92. The minimum absolute atomic E-state index is 0.113. The quantitative estimate of drug-likeness (QED) is 0.684. The van der Waals surface area contributed by atoms with E-state index in [-0.39, 0.29) is 17.4 Å². The SMILES string of the molecule is CC1CN(C)CC1C(=O)NC(C)(C)C. The predicted octanol–water partition coefficient (Wildman–Crippen LogP) is 1.10. The summed E-state index contributed by atoms with van der Waals surface area (Å²) in [5.41, 5.74) is -0.113. The average Bonchev–Trinajstić information content (AvgIpc) is 2.26. The van der Waals surface area contributed by atoms with Crippen molar-refractivity contribution in [1.29, 1.82) is 0 Å². The first kappa shape index (κ1) is 11.5. The van der Waals surface area contributed by atoms with Crippen molar-refractivity contribution < 1.29 is 4.79 Å². The summed E-state index contributed by atoms with van der Waals surface area (Å²) in [4.78, 5) is 14.1. The number of rotatable bonds is 1. The van der Waals surface area contributed by atoms with Crippen LogP contribution in [0.4, 0.5) is 0 Å². The molecule has 0 bridgehead atoms. The minimum atomic E-state index is -0.113. The second-order valence-corrected chi connectivity index (χ2v) is 5.54. The first-order valence-corrected chi connectivity index (χ1v) is 5.30. The summed E-state index contributed by atoms with van der Waals surface area (Å²) in [5.74, 6) is 0.843. The molecule has 2 atom stereocenters. The Morgan fingerprint density at radius 1 is 1.36 bits per heavy atom. The Labute approximate surface area is 86.9 Å². The minimum Gasteiger partial charge on any atom is -0.351 e. The highest BCUT2D eigenvalue weighted by atomic mass is 16.2. The zero-order valence-electron chi connectivity index (χ0n) is 9.92. The molecule has 0 aromatic carbocycles. The summed E-state index contributed by atoms with van der Waals surface area (Å²) in [6.45, 7) is 10.1. The van der Waals surface area contributed by atoms with Crippen molar-refractivity contribution >= 4 is 5.91 Å². The molecule has 1 N–H and O–H groups in total. The van der Waals surface area contributed by atoms with Gasteiger partial charge in [0.15, 0.2) is 0 Å². The molecule has 2 unspecified atom stereocenters. The molecule has 3 heteroatoms. The first-order valence-electron chi connectivity index (χ1n) is 5.30. The van der Waals surface area contributed by atoms with Crippen LogP contribution in [0.1, 0.15) is 27.7 Å². The first-order chi connectivity index (χ1) is 6.29. The molecule has 14 heavy (non-hydrogen) atoms. The van der Waals surface area contributed by atoms with Crippen LogP contribution in [-0.4, -0.2) is 36.5 Å². The number of amides is 1. The maximum absolute atomic E-state index is 11.9. The fraction of sp³-hybridized carbons (Fsp3) is 0.909. The van der Waals surface area contributed by atoms with E-state index in [9.17, 15) is 4.79 Å². The van der Waals surface area contributed by atoms with Crippen molar-refractivity contribution in [3.05, 3.63) is 0 Å². The van der Waals surface area contributed by atoms with Crippen LogP contribution >= 0.6 is 0 Å². The topological polar surface area (TPSA) is 32.3 Å². The molecule has 0 radical (unpaired) electrons. The van der Waals surface area contributed by atoms with Gasteiger partial charge in [0.1, 0.15) is 0 Å². The van der Waals surface area contributed by atoms with E-state index in [1.165, 1.54) is 0 Å². The van der Waals surface area contributed by atoms with Gasteiger partial charge in [-0.15, -0.1) is 0 Å². The number of nitrogens with zero attached hydrogens (tertiary/aromatic N) is 1. The predicted molar refractivity (Wildman–Crippen MR) is 58.0 cm³/mol. The summed E-state index contributed by atoms with van der Waals surface area (Å²) in [6, 6.07) is 0. The molecule has 1 aliphatic rings. The Hall–Kier alpha value is -0.570. The third kappa shape index (κ3) is 2.98. The number of hydrogen-bond acceptors (Lipinski definition) is 2. The van der Waals surface area contributed by atoms with E-state index in [4.69, 9.17) is 0 Å². The van der Waals surface area contributed by atoms with Crippen molar-refractivity contribution in [1.82, 2.24) is 10.2 Å². The van der Waals surface area contributed by atoms with Crippen molar-refractivity contribution in [3.63, 3.8) is 0 Å². The van der Waals surface area contributed by atoms with Crippen molar-refractivity contribution in [3.8, 4) is 0 Å². The van der Waals surface area contributed by atoms with Crippen LogP contribution in [0.3, 0.4) is 0 Å². The number of nitrogens with one attached hydrogen (secondary N) is 1. The van der Waals surface area contributed by atoms with Crippen molar-refractivity contribution in [2.75, 3.05) is 20.1 Å². The third-order valence-electron chi connectivity index (χ3n) is 2.63. The lowest BCUT2D eigenvalue weighted by Crippen LogP contribution is -2.45. The molecule has 1 aliphatic heterocycles. The van der Waals surface area contributed by atoms with Crippen LogP contribution in [0.25, 0.3) is 0 Å². The summed E-state index contributed by atoms with van der Waals surface area (Å²) in [7, 11) is 2.07. The van der Waals surface area contributed by atoms with E-state index in [1.807, 2.05) is 20.8 Å².